The first-order valence-corrected chi connectivity index (χ1v) is 5.48. The Morgan fingerprint density at radius 1 is 1.24 bits per heavy atom. The molecule has 1 aromatic rings. The molecule has 1 aliphatic heterocycles. The number of carbonyl (C=O) groups is 2. The Morgan fingerprint density at radius 2 is 2.00 bits per heavy atom. The third-order valence-electron chi connectivity index (χ3n) is 2.66. The summed E-state index contributed by atoms with van der Waals surface area (Å²) in [4.78, 5) is 27.0. The minimum atomic E-state index is -1.07. The van der Waals surface area contributed by atoms with E-state index < -0.39 is 5.97 Å². The zero-order chi connectivity index (χ0) is 12.3. The van der Waals surface area contributed by atoms with Crippen LogP contribution in [-0.4, -0.2) is 53.2 Å². The molecule has 92 valence electrons. The van der Waals surface area contributed by atoms with E-state index in [4.69, 9.17) is 9.84 Å². The van der Waals surface area contributed by atoms with E-state index in [2.05, 4.69) is 4.98 Å². The molecule has 2 N–H and O–H groups in total. The van der Waals surface area contributed by atoms with Gasteiger partial charge in [-0.2, -0.15) is 0 Å². The number of amides is 1. The fraction of sp³-hybridized carbons (Fsp3) is 0.455. The molecule has 0 unspecified atom stereocenters. The van der Waals surface area contributed by atoms with Gasteiger partial charge in [0.15, 0.2) is 0 Å². The van der Waals surface area contributed by atoms with Crippen molar-refractivity contribution in [2.24, 2.45) is 0 Å². The van der Waals surface area contributed by atoms with Crippen molar-refractivity contribution in [1.29, 1.82) is 0 Å². The van der Waals surface area contributed by atoms with Gasteiger partial charge in [-0.15, -0.1) is 0 Å². The van der Waals surface area contributed by atoms with Crippen molar-refractivity contribution in [3.05, 3.63) is 23.5 Å². The predicted molar refractivity (Wildman–Crippen MR) is 59.1 cm³/mol. The molecule has 0 atom stereocenters. The van der Waals surface area contributed by atoms with Crippen LogP contribution >= 0.6 is 0 Å². The number of aromatic carboxylic acids is 1. The number of hydrogen-bond donors (Lipinski definition) is 2. The lowest BCUT2D eigenvalue weighted by Crippen LogP contribution is -2.33. The average molecular weight is 238 g/mol. The number of carbonyl (C=O) groups excluding carboxylic acids is 1. The molecule has 0 aliphatic carbocycles. The first-order valence-electron chi connectivity index (χ1n) is 5.48. The molecule has 0 aromatic carbocycles. The molecule has 2 heterocycles. The molecule has 2 rings (SSSR count). The summed E-state index contributed by atoms with van der Waals surface area (Å²) in [5.41, 5.74) is 0.337. The molecule has 6 heteroatoms. The van der Waals surface area contributed by atoms with Crippen molar-refractivity contribution in [2.45, 2.75) is 6.42 Å². The normalized spacial score (nSPS) is 16.6. The SMILES string of the molecule is O=C(O)c1ccc(C(=O)N2CCCOCC2)[nH]1. The molecule has 17 heavy (non-hydrogen) atoms. The van der Waals surface area contributed by atoms with Crippen molar-refractivity contribution in [1.82, 2.24) is 9.88 Å². The lowest BCUT2D eigenvalue weighted by Gasteiger charge is -2.18. The predicted octanol–water partition coefficient (Wildman–Crippen LogP) is 0.575. The summed E-state index contributed by atoms with van der Waals surface area (Å²) < 4.78 is 5.26. The Hall–Kier alpha value is -1.82. The summed E-state index contributed by atoms with van der Waals surface area (Å²) >= 11 is 0. The number of H-pyrrole nitrogens is 1. The van der Waals surface area contributed by atoms with Gasteiger partial charge >= 0.3 is 5.97 Å². The third kappa shape index (κ3) is 2.65. The monoisotopic (exact) mass is 238 g/mol. The van der Waals surface area contributed by atoms with E-state index in [1.54, 1.807) is 4.90 Å². The standard InChI is InChI=1S/C11H14N2O4/c14-10(13-4-1-6-17-7-5-13)8-2-3-9(12-8)11(15)16/h2-3,12H,1,4-7H2,(H,15,16). The quantitative estimate of drug-likeness (QED) is 0.789. The van der Waals surface area contributed by atoms with Crippen LogP contribution < -0.4 is 0 Å². The van der Waals surface area contributed by atoms with Crippen molar-refractivity contribution in [3.63, 3.8) is 0 Å². The number of hydrogen-bond acceptors (Lipinski definition) is 3. The second kappa shape index (κ2) is 5.01. The van der Waals surface area contributed by atoms with Gasteiger partial charge in [-0.3, -0.25) is 4.79 Å². The van der Waals surface area contributed by atoms with Gasteiger partial charge in [0, 0.05) is 19.7 Å². The second-order valence-corrected chi connectivity index (χ2v) is 3.85. The minimum absolute atomic E-state index is 0.0272. The average Bonchev–Trinajstić information content (AvgIpc) is 2.65. The van der Waals surface area contributed by atoms with Crippen LogP contribution in [0.15, 0.2) is 12.1 Å². The number of nitrogens with one attached hydrogen (secondary N) is 1. The smallest absolute Gasteiger partial charge is 0.352 e. The van der Waals surface area contributed by atoms with Crippen molar-refractivity contribution in [2.75, 3.05) is 26.3 Å². The van der Waals surface area contributed by atoms with Crippen molar-refractivity contribution in [3.8, 4) is 0 Å². The van der Waals surface area contributed by atoms with Gasteiger partial charge in [-0.1, -0.05) is 0 Å². The third-order valence-corrected chi connectivity index (χ3v) is 2.66. The van der Waals surface area contributed by atoms with Crippen LogP contribution in [0.25, 0.3) is 0 Å². The van der Waals surface area contributed by atoms with E-state index in [-0.39, 0.29) is 11.6 Å². The van der Waals surface area contributed by atoms with Crippen LogP contribution in [0.5, 0.6) is 0 Å². The molecule has 1 aromatic heterocycles. The van der Waals surface area contributed by atoms with Crippen LogP contribution in [0.1, 0.15) is 27.4 Å². The van der Waals surface area contributed by atoms with Gasteiger partial charge in [0.2, 0.25) is 0 Å². The van der Waals surface area contributed by atoms with Crippen LogP contribution in [0.4, 0.5) is 0 Å². The van der Waals surface area contributed by atoms with E-state index >= 15 is 0 Å². The van der Waals surface area contributed by atoms with E-state index in [0.717, 1.165) is 6.42 Å². The maximum Gasteiger partial charge on any atom is 0.352 e. The van der Waals surface area contributed by atoms with Gasteiger partial charge < -0.3 is 19.7 Å². The molecule has 0 spiro atoms. The fourth-order valence-electron chi connectivity index (χ4n) is 1.76. The van der Waals surface area contributed by atoms with Crippen LogP contribution in [0.3, 0.4) is 0 Å². The second-order valence-electron chi connectivity index (χ2n) is 3.85. The molecule has 0 radical (unpaired) electrons. The molecular weight excluding hydrogens is 224 g/mol. The number of ether oxygens (including phenoxy) is 1. The van der Waals surface area contributed by atoms with E-state index in [1.165, 1.54) is 12.1 Å². The van der Waals surface area contributed by atoms with Crippen LogP contribution in [-0.2, 0) is 4.74 Å². The molecule has 0 bridgehead atoms. The van der Waals surface area contributed by atoms with Gasteiger partial charge in [0.25, 0.3) is 5.91 Å². The summed E-state index contributed by atoms with van der Waals surface area (Å²) in [7, 11) is 0. The Balaban J connectivity index is 2.09. The number of carboxylic acids is 1. The molecule has 0 saturated carbocycles. The van der Waals surface area contributed by atoms with Gasteiger partial charge in [0.05, 0.1) is 6.61 Å². The van der Waals surface area contributed by atoms with Gasteiger partial charge in [-0.05, 0) is 18.6 Å². The Labute approximate surface area is 98.2 Å². The number of nitrogens with zero attached hydrogens (tertiary/aromatic N) is 1. The maximum atomic E-state index is 12.0. The highest BCUT2D eigenvalue weighted by atomic mass is 16.5. The lowest BCUT2D eigenvalue weighted by molar-refractivity contribution is 0.0691. The maximum absolute atomic E-state index is 12.0. The first-order chi connectivity index (χ1) is 8.18. The van der Waals surface area contributed by atoms with Crippen LogP contribution in [0, 0.1) is 0 Å². The highest BCUT2D eigenvalue weighted by Gasteiger charge is 2.19. The molecule has 1 amide bonds. The molecular formula is C11H14N2O4. The van der Waals surface area contributed by atoms with Gasteiger partial charge in [-0.25, -0.2) is 4.79 Å². The van der Waals surface area contributed by atoms with Gasteiger partial charge in [0.1, 0.15) is 11.4 Å². The summed E-state index contributed by atoms with van der Waals surface area (Å²) in [6, 6.07) is 2.89. The number of rotatable bonds is 2. The summed E-state index contributed by atoms with van der Waals surface area (Å²) in [6.45, 7) is 2.37. The van der Waals surface area contributed by atoms with Crippen molar-refractivity contribution < 1.29 is 19.4 Å². The minimum Gasteiger partial charge on any atom is -0.477 e. The van der Waals surface area contributed by atoms with E-state index in [9.17, 15) is 9.59 Å². The lowest BCUT2D eigenvalue weighted by atomic mass is 10.3. The van der Waals surface area contributed by atoms with Crippen molar-refractivity contribution >= 4 is 11.9 Å². The zero-order valence-electron chi connectivity index (χ0n) is 9.31. The fourth-order valence-corrected chi connectivity index (χ4v) is 1.76. The highest BCUT2D eigenvalue weighted by molar-refractivity contribution is 5.95. The molecule has 1 fully saturated rings. The largest absolute Gasteiger partial charge is 0.477 e. The first kappa shape index (κ1) is 11.7. The molecule has 1 saturated heterocycles. The number of aromatic amines is 1. The Kier molecular flexibility index (Phi) is 3.43. The number of aromatic nitrogens is 1. The number of carboxylic acid groups (broad SMARTS) is 1. The highest BCUT2D eigenvalue weighted by Crippen LogP contribution is 2.08. The Morgan fingerprint density at radius 3 is 2.71 bits per heavy atom. The van der Waals surface area contributed by atoms with E-state index in [1.807, 2.05) is 0 Å². The van der Waals surface area contributed by atoms with E-state index in [0.29, 0.717) is 32.0 Å². The summed E-state index contributed by atoms with van der Waals surface area (Å²) in [5, 5.41) is 8.76. The molecule has 1 aliphatic rings. The molecule has 6 nitrogen and oxygen atoms in total. The summed E-state index contributed by atoms with van der Waals surface area (Å²) in [6.07, 6.45) is 0.804. The van der Waals surface area contributed by atoms with Crippen LogP contribution in [0.2, 0.25) is 0 Å². The zero-order valence-corrected chi connectivity index (χ0v) is 9.31. The topological polar surface area (TPSA) is 82.6 Å². The Bertz CT molecular complexity index is 419. The summed E-state index contributed by atoms with van der Waals surface area (Å²) in [5.74, 6) is -1.24.